The van der Waals surface area contributed by atoms with Crippen LogP contribution in [0, 0.1) is 11.8 Å². The molecule has 1 saturated heterocycles. The molecule has 1 amide bonds. The van der Waals surface area contributed by atoms with Gasteiger partial charge in [0.25, 0.3) is 10.0 Å². The Bertz CT molecular complexity index is 1030. The molecular weight excluding hydrogens is 448 g/mol. The number of sulfonamides is 1. The first-order valence-corrected chi connectivity index (χ1v) is 12.4. The molecule has 7 nitrogen and oxygen atoms in total. The third kappa shape index (κ3) is 4.44. The molecular formula is C20H23ClN2O5S2. The average molecular weight is 471 g/mol. The minimum Gasteiger partial charge on any atom is -0.454 e. The molecule has 0 saturated carbocycles. The molecule has 0 spiro atoms. The summed E-state index contributed by atoms with van der Waals surface area (Å²) in [6, 6.07) is 8.75. The molecule has 1 fully saturated rings. The van der Waals surface area contributed by atoms with Gasteiger partial charge < -0.3 is 14.8 Å². The number of fused-ring (bicyclic) bond motifs is 1. The molecule has 1 aromatic carbocycles. The maximum absolute atomic E-state index is 12.7. The Morgan fingerprint density at radius 1 is 1.23 bits per heavy atom. The second kappa shape index (κ2) is 8.74. The summed E-state index contributed by atoms with van der Waals surface area (Å²) in [5, 5.41) is 2.98. The van der Waals surface area contributed by atoms with Crippen molar-refractivity contribution in [3.63, 3.8) is 0 Å². The highest BCUT2D eigenvalue weighted by Crippen LogP contribution is 2.33. The van der Waals surface area contributed by atoms with Crippen molar-refractivity contribution in [1.82, 2.24) is 9.62 Å². The van der Waals surface area contributed by atoms with Crippen LogP contribution < -0.4 is 14.8 Å². The van der Waals surface area contributed by atoms with Gasteiger partial charge in [-0.25, -0.2) is 8.42 Å². The Hall–Kier alpha value is -1.81. The van der Waals surface area contributed by atoms with Crippen molar-refractivity contribution < 1.29 is 22.7 Å². The van der Waals surface area contributed by atoms with E-state index in [1.165, 1.54) is 4.31 Å². The lowest BCUT2D eigenvalue weighted by Gasteiger charge is -2.33. The normalized spacial score (nSPS) is 18.3. The van der Waals surface area contributed by atoms with Gasteiger partial charge in [-0.1, -0.05) is 24.6 Å². The van der Waals surface area contributed by atoms with Gasteiger partial charge >= 0.3 is 0 Å². The van der Waals surface area contributed by atoms with E-state index in [0.717, 1.165) is 16.9 Å². The first-order chi connectivity index (χ1) is 14.3. The number of nitrogens with zero attached hydrogens (tertiary/aromatic N) is 1. The second-order valence-electron chi connectivity index (χ2n) is 7.49. The van der Waals surface area contributed by atoms with Crippen molar-refractivity contribution in [1.29, 1.82) is 0 Å². The van der Waals surface area contributed by atoms with Crippen LogP contribution in [0.3, 0.4) is 0 Å². The highest BCUT2D eigenvalue weighted by Gasteiger charge is 2.34. The van der Waals surface area contributed by atoms with Crippen molar-refractivity contribution in [2.45, 2.75) is 30.5 Å². The summed E-state index contributed by atoms with van der Waals surface area (Å²) >= 11 is 6.95. The minimum atomic E-state index is -3.52. The molecule has 30 heavy (non-hydrogen) atoms. The third-order valence-electron chi connectivity index (χ3n) is 5.67. The molecule has 0 radical (unpaired) electrons. The number of halogens is 1. The topological polar surface area (TPSA) is 84.9 Å². The molecule has 2 aliphatic rings. The number of ether oxygens (including phenoxy) is 2. The zero-order chi connectivity index (χ0) is 21.3. The highest BCUT2D eigenvalue weighted by molar-refractivity contribution is 7.91. The molecule has 0 bridgehead atoms. The van der Waals surface area contributed by atoms with Gasteiger partial charge in [0.05, 0.1) is 4.34 Å². The fourth-order valence-electron chi connectivity index (χ4n) is 3.79. The summed E-state index contributed by atoms with van der Waals surface area (Å²) in [5.41, 5.74) is 0.940. The lowest BCUT2D eigenvalue weighted by atomic mass is 9.85. The molecule has 1 aromatic heterocycles. The van der Waals surface area contributed by atoms with E-state index in [4.69, 9.17) is 21.1 Å². The van der Waals surface area contributed by atoms with Crippen LogP contribution in [0.1, 0.15) is 25.3 Å². The van der Waals surface area contributed by atoms with E-state index in [1.807, 2.05) is 25.1 Å². The molecule has 4 rings (SSSR count). The number of benzene rings is 1. The predicted octanol–water partition coefficient (Wildman–Crippen LogP) is 3.48. The summed E-state index contributed by atoms with van der Waals surface area (Å²) in [6.07, 6.45) is 1.30. The van der Waals surface area contributed by atoms with Gasteiger partial charge in [-0.2, -0.15) is 4.31 Å². The predicted molar refractivity (Wildman–Crippen MR) is 114 cm³/mol. The molecule has 2 aromatic rings. The molecule has 1 atom stereocenters. The zero-order valence-corrected chi connectivity index (χ0v) is 18.9. The smallest absolute Gasteiger partial charge is 0.252 e. The van der Waals surface area contributed by atoms with Gasteiger partial charge in [0.15, 0.2) is 11.5 Å². The fourth-order valence-corrected chi connectivity index (χ4v) is 6.90. The maximum atomic E-state index is 12.7. The monoisotopic (exact) mass is 470 g/mol. The Morgan fingerprint density at radius 3 is 2.67 bits per heavy atom. The molecule has 10 heteroatoms. The van der Waals surface area contributed by atoms with Gasteiger partial charge in [0, 0.05) is 25.6 Å². The summed E-state index contributed by atoms with van der Waals surface area (Å²) in [4.78, 5) is 12.6. The van der Waals surface area contributed by atoms with Crippen LogP contribution in [0.15, 0.2) is 34.5 Å². The van der Waals surface area contributed by atoms with Crippen LogP contribution in [-0.4, -0.2) is 38.5 Å². The highest BCUT2D eigenvalue weighted by atomic mass is 35.5. The van der Waals surface area contributed by atoms with Gasteiger partial charge in [-0.3, -0.25) is 4.79 Å². The van der Waals surface area contributed by atoms with E-state index in [-0.39, 0.29) is 28.7 Å². The van der Waals surface area contributed by atoms with E-state index < -0.39 is 10.0 Å². The molecule has 0 aliphatic carbocycles. The van der Waals surface area contributed by atoms with E-state index in [1.54, 1.807) is 12.1 Å². The number of thiophene rings is 1. The van der Waals surface area contributed by atoms with Gasteiger partial charge in [-0.15, -0.1) is 11.3 Å². The first kappa shape index (κ1) is 21.4. The van der Waals surface area contributed by atoms with Crippen LogP contribution in [0.4, 0.5) is 0 Å². The molecule has 0 unspecified atom stereocenters. The Kier molecular flexibility index (Phi) is 6.24. The van der Waals surface area contributed by atoms with Gasteiger partial charge in [-0.05, 0) is 48.6 Å². The van der Waals surface area contributed by atoms with Crippen molar-refractivity contribution in [3.8, 4) is 11.5 Å². The van der Waals surface area contributed by atoms with Crippen molar-refractivity contribution in [2.24, 2.45) is 11.8 Å². The van der Waals surface area contributed by atoms with E-state index in [9.17, 15) is 13.2 Å². The molecule has 3 heterocycles. The standard InChI is InChI=1S/C20H23ClN2O5S2/c1-13(20(24)22-11-14-2-3-16-17(10-14)28-12-27-16)15-6-8-23(9-7-15)30(25,26)19-5-4-18(21)29-19/h2-5,10,13,15H,6-9,11-12H2,1H3,(H,22,24)/t13-/m1/s1. The molecule has 1 N–H and O–H groups in total. The number of nitrogens with one attached hydrogen (secondary N) is 1. The fraction of sp³-hybridized carbons (Fsp3) is 0.450. The van der Waals surface area contributed by atoms with Crippen LogP contribution in [0.2, 0.25) is 4.34 Å². The van der Waals surface area contributed by atoms with Crippen molar-refractivity contribution >= 4 is 38.9 Å². The SMILES string of the molecule is C[C@@H](C(=O)NCc1ccc2c(c1)OCO2)C1CCN(S(=O)(=O)c2ccc(Cl)s2)CC1. The van der Waals surface area contributed by atoms with Gasteiger partial charge in [0.2, 0.25) is 12.7 Å². The number of piperidine rings is 1. The van der Waals surface area contributed by atoms with Gasteiger partial charge in [0.1, 0.15) is 4.21 Å². The van der Waals surface area contributed by atoms with Crippen molar-refractivity contribution in [2.75, 3.05) is 19.9 Å². The lowest BCUT2D eigenvalue weighted by molar-refractivity contribution is -0.126. The average Bonchev–Trinajstić information content (AvgIpc) is 3.40. The Labute approximate surface area is 185 Å². The van der Waals surface area contributed by atoms with Crippen LogP contribution in [0.5, 0.6) is 11.5 Å². The summed E-state index contributed by atoms with van der Waals surface area (Å²) in [6.45, 7) is 3.34. The number of hydrogen-bond donors (Lipinski definition) is 1. The first-order valence-electron chi connectivity index (χ1n) is 9.76. The number of carbonyl (C=O) groups excluding carboxylic acids is 1. The second-order valence-corrected chi connectivity index (χ2v) is 11.4. The lowest BCUT2D eigenvalue weighted by Crippen LogP contribution is -2.42. The Morgan fingerprint density at radius 2 is 1.97 bits per heavy atom. The number of hydrogen-bond acceptors (Lipinski definition) is 6. The number of carbonyl (C=O) groups is 1. The quantitative estimate of drug-likeness (QED) is 0.698. The van der Waals surface area contributed by atoms with Crippen molar-refractivity contribution in [3.05, 3.63) is 40.2 Å². The largest absolute Gasteiger partial charge is 0.454 e. The summed E-state index contributed by atoms with van der Waals surface area (Å²) in [5.74, 6) is 1.32. The molecule has 2 aliphatic heterocycles. The summed E-state index contributed by atoms with van der Waals surface area (Å²) < 4.78 is 38.3. The minimum absolute atomic E-state index is 0.0287. The van der Waals surface area contributed by atoms with Crippen LogP contribution in [-0.2, 0) is 21.4 Å². The van der Waals surface area contributed by atoms with E-state index in [2.05, 4.69) is 5.32 Å². The summed E-state index contributed by atoms with van der Waals surface area (Å²) in [7, 11) is -3.52. The van der Waals surface area contributed by atoms with E-state index in [0.29, 0.717) is 48.3 Å². The van der Waals surface area contributed by atoms with E-state index >= 15 is 0 Å². The van der Waals surface area contributed by atoms with Crippen LogP contribution >= 0.6 is 22.9 Å². The molecule has 162 valence electrons. The third-order valence-corrected chi connectivity index (χ3v) is 9.26. The number of rotatable bonds is 6. The van der Waals surface area contributed by atoms with Crippen LogP contribution in [0.25, 0.3) is 0 Å². The maximum Gasteiger partial charge on any atom is 0.252 e. The Balaban J connectivity index is 1.29. The number of amides is 1. The zero-order valence-electron chi connectivity index (χ0n) is 16.5.